The number of amides is 2. The third kappa shape index (κ3) is 2.83. The van der Waals surface area contributed by atoms with Gasteiger partial charge in [0.1, 0.15) is 12.1 Å². The molecule has 0 saturated carbocycles. The number of aromatic nitrogens is 3. The molecule has 0 unspecified atom stereocenters. The van der Waals surface area contributed by atoms with Gasteiger partial charge in [-0.05, 0) is 18.2 Å². The van der Waals surface area contributed by atoms with Crippen LogP contribution in [-0.2, 0) is 7.05 Å². The molecule has 0 radical (unpaired) electrons. The largest absolute Gasteiger partial charge is 0.506 e. The van der Waals surface area contributed by atoms with Crippen molar-refractivity contribution in [2.75, 3.05) is 10.6 Å². The van der Waals surface area contributed by atoms with Crippen LogP contribution >= 0.6 is 0 Å². The highest BCUT2D eigenvalue weighted by molar-refractivity contribution is 6.00. The number of hydrogen-bond acceptors (Lipinski definition) is 5. The van der Waals surface area contributed by atoms with Gasteiger partial charge in [-0.1, -0.05) is 0 Å². The van der Waals surface area contributed by atoms with E-state index in [0.717, 1.165) is 6.07 Å². The summed E-state index contributed by atoms with van der Waals surface area (Å²) in [6.07, 6.45) is 1.27. The third-order valence-electron chi connectivity index (χ3n) is 2.43. The number of nitrogens with one attached hydrogen (secondary N) is 2. The smallest absolute Gasteiger partial charge is 0.335 e. The fourth-order valence-electron chi connectivity index (χ4n) is 1.43. The molecule has 1 aromatic carbocycles. The number of carboxylic acid groups (broad SMARTS) is 1. The first-order valence-electron chi connectivity index (χ1n) is 5.45. The predicted molar refractivity (Wildman–Crippen MR) is 68.7 cm³/mol. The molecule has 0 aliphatic heterocycles. The van der Waals surface area contributed by atoms with Gasteiger partial charge in [0.25, 0.3) is 0 Å². The highest BCUT2D eigenvalue weighted by Gasteiger charge is 2.11. The van der Waals surface area contributed by atoms with E-state index in [2.05, 4.69) is 20.7 Å². The van der Waals surface area contributed by atoms with Gasteiger partial charge in [-0.2, -0.15) is 10.1 Å². The van der Waals surface area contributed by atoms with E-state index < -0.39 is 12.0 Å². The van der Waals surface area contributed by atoms with E-state index in [1.165, 1.54) is 23.1 Å². The molecule has 9 heteroatoms. The average Bonchev–Trinajstić information content (AvgIpc) is 2.77. The van der Waals surface area contributed by atoms with Crippen molar-refractivity contribution >= 4 is 23.6 Å². The number of carbonyl (C=O) groups excluding carboxylic acids is 1. The molecule has 0 bridgehead atoms. The van der Waals surface area contributed by atoms with Crippen LogP contribution in [0.25, 0.3) is 0 Å². The first-order valence-corrected chi connectivity index (χ1v) is 5.45. The molecule has 2 amide bonds. The van der Waals surface area contributed by atoms with Crippen LogP contribution in [0, 0.1) is 0 Å². The molecule has 0 saturated heterocycles. The van der Waals surface area contributed by atoms with Crippen LogP contribution in [0.3, 0.4) is 0 Å². The number of aromatic hydroxyl groups is 1. The van der Waals surface area contributed by atoms with Crippen molar-refractivity contribution < 1.29 is 19.8 Å². The van der Waals surface area contributed by atoms with Gasteiger partial charge in [0.15, 0.2) is 0 Å². The summed E-state index contributed by atoms with van der Waals surface area (Å²) in [5, 5.41) is 26.9. The molecule has 9 nitrogen and oxygen atoms in total. The van der Waals surface area contributed by atoms with E-state index >= 15 is 0 Å². The second-order valence-electron chi connectivity index (χ2n) is 3.82. The first-order chi connectivity index (χ1) is 9.47. The van der Waals surface area contributed by atoms with Gasteiger partial charge in [-0.3, -0.25) is 5.32 Å². The Morgan fingerprint density at radius 2 is 2.05 bits per heavy atom. The lowest BCUT2D eigenvalue weighted by Gasteiger charge is -2.08. The number of aromatic carboxylic acids is 1. The molecule has 0 aliphatic carbocycles. The number of carbonyl (C=O) groups is 2. The van der Waals surface area contributed by atoms with Crippen LogP contribution in [0.5, 0.6) is 5.75 Å². The second-order valence-corrected chi connectivity index (χ2v) is 3.82. The molecule has 2 aromatic rings. The van der Waals surface area contributed by atoms with Crippen LogP contribution in [0.4, 0.5) is 16.4 Å². The summed E-state index contributed by atoms with van der Waals surface area (Å²) in [5.41, 5.74) is -0.00331. The van der Waals surface area contributed by atoms with Crippen LogP contribution in [0.1, 0.15) is 10.4 Å². The Kier molecular flexibility index (Phi) is 3.51. The van der Waals surface area contributed by atoms with Crippen LogP contribution in [0.15, 0.2) is 24.5 Å². The lowest BCUT2D eigenvalue weighted by atomic mass is 10.2. The van der Waals surface area contributed by atoms with Gasteiger partial charge in [-0.25, -0.2) is 14.3 Å². The third-order valence-corrected chi connectivity index (χ3v) is 2.43. The van der Waals surface area contributed by atoms with Crippen LogP contribution < -0.4 is 10.6 Å². The number of nitrogens with zero attached hydrogens (tertiary/aromatic N) is 3. The molecule has 20 heavy (non-hydrogen) atoms. The SMILES string of the molecule is Cn1ncnc1NC(=O)Nc1ccc(C(=O)O)cc1O. The summed E-state index contributed by atoms with van der Waals surface area (Å²) in [5.74, 6) is -1.29. The highest BCUT2D eigenvalue weighted by atomic mass is 16.4. The number of aryl methyl sites for hydroxylation is 1. The number of anilines is 2. The Morgan fingerprint density at radius 3 is 2.60 bits per heavy atom. The van der Waals surface area contributed by atoms with E-state index in [1.54, 1.807) is 7.05 Å². The Hall–Kier alpha value is -3.10. The summed E-state index contributed by atoms with van der Waals surface area (Å²) in [6.45, 7) is 0. The normalized spacial score (nSPS) is 10.1. The van der Waals surface area contributed by atoms with Crippen LogP contribution in [-0.4, -0.2) is 37.0 Å². The fourth-order valence-corrected chi connectivity index (χ4v) is 1.43. The zero-order chi connectivity index (χ0) is 14.7. The first kappa shape index (κ1) is 13.3. The molecular formula is C11H11N5O4. The lowest BCUT2D eigenvalue weighted by Crippen LogP contribution is -2.21. The fraction of sp³-hybridized carbons (Fsp3) is 0.0909. The highest BCUT2D eigenvalue weighted by Crippen LogP contribution is 2.24. The van der Waals surface area contributed by atoms with E-state index in [0.29, 0.717) is 0 Å². The minimum absolute atomic E-state index is 0.0784. The minimum Gasteiger partial charge on any atom is -0.506 e. The molecular weight excluding hydrogens is 266 g/mol. The zero-order valence-electron chi connectivity index (χ0n) is 10.4. The maximum Gasteiger partial charge on any atom is 0.335 e. The maximum absolute atomic E-state index is 11.7. The quantitative estimate of drug-likeness (QED) is 0.616. The van der Waals surface area contributed by atoms with Gasteiger partial charge in [0, 0.05) is 7.05 Å². The molecule has 1 heterocycles. The lowest BCUT2D eigenvalue weighted by molar-refractivity contribution is 0.0696. The summed E-state index contributed by atoms with van der Waals surface area (Å²) < 4.78 is 1.35. The van der Waals surface area contributed by atoms with Crippen molar-refractivity contribution in [3.05, 3.63) is 30.1 Å². The summed E-state index contributed by atoms with van der Waals surface area (Å²) in [4.78, 5) is 26.2. The molecule has 2 rings (SSSR count). The Bertz CT molecular complexity index is 667. The van der Waals surface area contributed by atoms with Crippen LogP contribution in [0.2, 0.25) is 0 Å². The summed E-state index contributed by atoms with van der Waals surface area (Å²) in [7, 11) is 1.60. The summed E-state index contributed by atoms with van der Waals surface area (Å²) >= 11 is 0. The number of carboxylic acids is 1. The standard InChI is InChI=1S/C11H11N5O4/c1-16-10(12-5-13-16)15-11(20)14-7-3-2-6(9(18)19)4-8(7)17/h2-5,17H,1H3,(H,18,19)(H2,12,13,14,15,20). The molecule has 0 spiro atoms. The predicted octanol–water partition coefficient (Wildman–Crippen LogP) is 0.863. The summed E-state index contributed by atoms with van der Waals surface area (Å²) in [6, 6.07) is 2.95. The van der Waals surface area contributed by atoms with Crippen molar-refractivity contribution in [1.82, 2.24) is 14.8 Å². The number of phenols is 1. The van der Waals surface area contributed by atoms with Gasteiger partial charge in [-0.15, -0.1) is 0 Å². The zero-order valence-corrected chi connectivity index (χ0v) is 10.4. The Labute approximate surface area is 112 Å². The van der Waals surface area contributed by atoms with Crippen molar-refractivity contribution in [1.29, 1.82) is 0 Å². The molecule has 0 aliphatic rings. The van der Waals surface area contributed by atoms with E-state index in [4.69, 9.17) is 5.11 Å². The number of rotatable bonds is 3. The molecule has 1 aromatic heterocycles. The average molecular weight is 277 g/mol. The topological polar surface area (TPSA) is 129 Å². The van der Waals surface area contributed by atoms with E-state index in [-0.39, 0.29) is 22.9 Å². The van der Waals surface area contributed by atoms with Crippen molar-refractivity contribution in [2.24, 2.45) is 7.05 Å². The molecule has 4 N–H and O–H groups in total. The van der Waals surface area contributed by atoms with Crippen molar-refractivity contribution in [2.45, 2.75) is 0 Å². The van der Waals surface area contributed by atoms with E-state index in [9.17, 15) is 14.7 Å². The van der Waals surface area contributed by atoms with Crippen molar-refractivity contribution in [3.8, 4) is 5.75 Å². The molecule has 0 atom stereocenters. The van der Waals surface area contributed by atoms with Gasteiger partial charge >= 0.3 is 12.0 Å². The van der Waals surface area contributed by atoms with Gasteiger partial charge in [0.2, 0.25) is 5.95 Å². The minimum atomic E-state index is -1.17. The number of urea groups is 1. The van der Waals surface area contributed by atoms with Crippen molar-refractivity contribution in [3.63, 3.8) is 0 Å². The Balaban J connectivity index is 2.08. The monoisotopic (exact) mass is 277 g/mol. The van der Waals surface area contributed by atoms with Gasteiger partial charge < -0.3 is 15.5 Å². The maximum atomic E-state index is 11.7. The van der Waals surface area contributed by atoms with E-state index in [1.807, 2.05) is 0 Å². The number of phenolic OH excluding ortho intramolecular Hbond substituents is 1. The second kappa shape index (κ2) is 5.26. The molecule has 0 fully saturated rings. The number of benzene rings is 1. The van der Waals surface area contributed by atoms with Gasteiger partial charge in [0.05, 0.1) is 11.3 Å². The molecule has 104 valence electrons. The number of hydrogen-bond donors (Lipinski definition) is 4. The Morgan fingerprint density at radius 1 is 1.30 bits per heavy atom.